The van der Waals surface area contributed by atoms with Crippen LogP contribution in [0, 0.1) is 0 Å². The minimum absolute atomic E-state index is 0.202. The molecule has 3 rings (SSSR count). The maximum atomic E-state index is 12.5. The highest BCUT2D eigenvalue weighted by Crippen LogP contribution is 2.59. The van der Waals surface area contributed by atoms with Crippen molar-refractivity contribution >= 4 is 28.3 Å². The van der Waals surface area contributed by atoms with E-state index in [1.54, 1.807) is 37.3 Å². The molecule has 2 aromatic rings. The van der Waals surface area contributed by atoms with Crippen LogP contribution in [0.4, 0.5) is 5.69 Å². The molecule has 1 aliphatic rings. The van der Waals surface area contributed by atoms with Crippen LogP contribution in [0.2, 0.25) is 0 Å². The van der Waals surface area contributed by atoms with E-state index in [2.05, 4.69) is 0 Å². The van der Waals surface area contributed by atoms with E-state index in [0.29, 0.717) is 11.3 Å². The summed E-state index contributed by atoms with van der Waals surface area (Å²) in [5.41, 5.74) is 1.14. The third-order valence-corrected chi connectivity index (χ3v) is 5.68. The molecule has 1 heterocycles. The number of carbonyl (C=O) groups excluding carboxylic acids is 1. The van der Waals surface area contributed by atoms with E-state index in [-0.39, 0.29) is 10.5 Å². The third-order valence-electron chi connectivity index (χ3n) is 3.85. The first kappa shape index (κ1) is 15.5. The summed E-state index contributed by atoms with van der Waals surface area (Å²) in [6.07, 6.45) is 0. The summed E-state index contributed by atoms with van der Waals surface area (Å²) in [7, 11) is -3.43. The minimum atomic E-state index is -3.43. The SMILES string of the molecule is CC(C(=O)O)c1ccc(N2C(=O)c3ccccc3S2(O)O)cc1. The predicted molar refractivity (Wildman–Crippen MR) is 86.9 cm³/mol. The average molecular weight is 333 g/mol. The van der Waals surface area contributed by atoms with E-state index in [0.717, 1.165) is 4.31 Å². The Morgan fingerprint density at radius 2 is 1.70 bits per heavy atom. The number of carboxylic acids is 1. The molecule has 1 aliphatic heterocycles. The number of amides is 1. The highest BCUT2D eigenvalue weighted by atomic mass is 32.3. The minimum Gasteiger partial charge on any atom is -0.481 e. The predicted octanol–water partition coefficient (Wildman–Crippen LogP) is 3.56. The van der Waals surface area contributed by atoms with Crippen LogP contribution in [-0.2, 0) is 4.79 Å². The van der Waals surface area contributed by atoms with Crippen LogP contribution >= 0.6 is 10.8 Å². The molecule has 3 N–H and O–H groups in total. The molecule has 0 spiro atoms. The van der Waals surface area contributed by atoms with Gasteiger partial charge < -0.3 is 5.11 Å². The van der Waals surface area contributed by atoms with Crippen LogP contribution in [0.3, 0.4) is 0 Å². The van der Waals surface area contributed by atoms with Gasteiger partial charge in [-0.3, -0.25) is 18.7 Å². The van der Waals surface area contributed by atoms with Gasteiger partial charge in [-0.15, -0.1) is 0 Å². The van der Waals surface area contributed by atoms with Crippen molar-refractivity contribution in [2.24, 2.45) is 0 Å². The molecule has 0 bridgehead atoms. The Labute approximate surface area is 134 Å². The van der Waals surface area contributed by atoms with Crippen molar-refractivity contribution < 1.29 is 23.8 Å². The highest BCUT2D eigenvalue weighted by Gasteiger charge is 2.42. The molecule has 0 aliphatic carbocycles. The molecule has 6 nitrogen and oxygen atoms in total. The van der Waals surface area contributed by atoms with Crippen molar-refractivity contribution in [3.63, 3.8) is 0 Å². The van der Waals surface area contributed by atoms with E-state index in [1.807, 2.05) is 0 Å². The first-order valence-electron chi connectivity index (χ1n) is 6.88. The summed E-state index contributed by atoms with van der Waals surface area (Å²) in [5.74, 6) is -2.12. The van der Waals surface area contributed by atoms with Gasteiger partial charge >= 0.3 is 5.97 Å². The van der Waals surface area contributed by atoms with Gasteiger partial charge in [0.2, 0.25) is 0 Å². The number of nitrogens with zero attached hydrogens (tertiary/aromatic N) is 1. The molecule has 0 saturated carbocycles. The van der Waals surface area contributed by atoms with Crippen molar-refractivity contribution in [1.82, 2.24) is 0 Å². The zero-order valence-electron chi connectivity index (χ0n) is 12.2. The molecular formula is C16H15NO5S. The second-order valence-electron chi connectivity index (χ2n) is 5.27. The maximum Gasteiger partial charge on any atom is 0.310 e. The monoisotopic (exact) mass is 333 g/mol. The number of hydrogen-bond acceptors (Lipinski definition) is 4. The Hall–Kier alpha value is -2.35. The Balaban J connectivity index is 2.00. The number of hydrogen-bond donors (Lipinski definition) is 3. The van der Waals surface area contributed by atoms with Gasteiger partial charge in [-0.05, 0) is 36.8 Å². The van der Waals surface area contributed by atoms with Crippen LogP contribution in [0.5, 0.6) is 0 Å². The van der Waals surface area contributed by atoms with E-state index < -0.39 is 28.6 Å². The molecule has 7 heteroatoms. The number of anilines is 1. The second-order valence-corrected chi connectivity index (χ2v) is 7.11. The van der Waals surface area contributed by atoms with Crippen LogP contribution in [-0.4, -0.2) is 26.1 Å². The lowest BCUT2D eigenvalue weighted by Gasteiger charge is -2.36. The van der Waals surface area contributed by atoms with Gasteiger partial charge in [0.05, 0.1) is 22.1 Å². The maximum absolute atomic E-state index is 12.5. The Morgan fingerprint density at radius 3 is 2.26 bits per heavy atom. The van der Waals surface area contributed by atoms with Gasteiger partial charge in [0.25, 0.3) is 5.91 Å². The zero-order chi connectivity index (χ0) is 16.8. The summed E-state index contributed by atoms with van der Waals surface area (Å²) in [5, 5.41) is 9.02. The number of fused-ring (bicyclic) bond motifs is 1. The second kappa shape index (κ2) is 5.38. The molecule has 0 saturated heterocycles. The fraction of sp³-hybridized carbons (Fsp3) is 0.125. The fourth-order valence-electron chi connectivity index (χ4n) is 2.51. The summed E-state index contributed by atoms with van der Waals surface area (Å²) < 4.78 is 21.9. The average Bonchev–Trinajstić information content (AvgIpc) is 2.74. The van der Waals surface area contributed by atoms with Crippen LogP contribution in [0.15, 0.2) is 53.4 Å². The van der Waals surface area contributed by atoms with Crippen LogP contribution in [0.25, 0.3) is 0 Å². The van der Waals surface area contributed by atoms with Gasteiger partial charge in [-0.25, -0.2) is 0 Å². The van der Waals surface area contributed by atoms with E-state index >= 15 is 0 Å². The third kappa shape index (κ3) is 2.39. The van der Waals surface area contributed by atoms with E-state index in [9.17, 15) is 18.7 Å². The van der Waals surface area contributed by atoms with Gasteiger partial charge in [0, 0.05) is 0 Å². The van der Waals surface area contributed by atoms with Gasteiger partial charge in [-0.1, -0.05) is 35.0 Å². The summed E-state index contributed by atoms with van der Waals surface area (Å²) in [4.78, 5) is 23.7. The number of aliphatic carboxylic acids is 1. The van der Waals surface area contributed by atoms with Crippen LogP contribution < -0.4 is 4.31 Å². The first-order chi connectivity index (χ1) is 10.8. The topological polar surface area (TPSA) is 98.1 Å². The Bertz CT molecular complexity index is 787. The van der Waals surface area contributed by atoms with Gasteiger partial charge in [-0.2, -0.15) is 4.31 Å². The van der Waals surface area contributed by atoms with Crippen molar-refractivity contribution in [3.8, 4) is 0 Å². The lowest BCUT2D eigenvalue weighted by Crippen LogP contribution is -2.27. The molecule has 0 aromatic heterocycles. The summed E-state index contributed by atoms with van der Waals surface area (Å²) in [6.45, 7) is 1.56. The van der Waals surface area contributed by atoms with E-state index in [1.165, 1.54) is 18.2 Å². The highest BCUT2D eigenvalue weighted by molar-refractivity contribution is 8.26. The molecular weight excluding hydrogens is 318 g/mol. The summed E-state index contributed by atoms with van der Waals surface area (Å²) in [6, 6.07) is 12.5. The van der Waals surface area contributed by atoms with Crippen molar-refractivity contribution in [3.05, 3.63) is 59.7 Å². The lowest BCUT2D eigenvalue weighted by atomic mass is 10.0. The zero-order valence-corrected chi connectivity index (χ0v) is 13.0. The molecule has 0 radical (unpaired) electrons. The smallest absolute Gasteiger partial charge is 0.310 e. The molecule has 0 fully saturated rings. The molecule has 120 valence electrons. The Morgan fingerprint density at radius 1 is 1.09 bits per heavy atom. The number of rotatable bonds is 3. The van der Waals surface area contributed by atoms with E-state index in [4.69, 9.17) is 5.11 Å². The van der Waals surface area contributed by atoms with Crippen LogP contribution in [0.1, 0.15) is 28.8 Å². The fourth-order valence-corrected chi connectivity index (χ4v) is 4.16. The standard InChI is InChI=1S/C16H15NO5S/c1-10(16(19)20)11-6-8-12(9-7-11)17-15(18)13-4-2-3-5-14(13)23(17,21)22/h2-10,21-22H,1H3,(H,19,20). The Kier molecular flexibility index (Phi) is 3.63. The first-order valence-corrected chi connectivity index (χ1v) is 8.39. The molecule has 1 unspecified atom stereocenters. The lowest BCUT2D eigenvalue weighted by molar-refractivity contribution is -0.138. The molecule has 2 aromatic carbocycles. The van der Waals surface area contributed by atoms with Crippen molar-refractivity contribution in [1.29, 1.82) is 0 Å². The molecule has 23 heavy (non-hydrogen) atoms. The quantitative estimate of drug-likeness (QED) is 0.798. The van der Waals surface area contributed by atoms with Gasteiger partial charge in [0.15, 0.2) is 0 Å². The number of carboxylic acid groups (broad SMARTS) is 1. The number of carbonyl (C=O) groups is 2. The molecule has 1 atom stereocenters. The molecule has 1 amide bonds. The van der Waals surface area contributed by atoms with Gasteiger partial charge in [0.1, 0.15) is 0 Å². The number of benzene rings is 2. The van der Waals surface area contributed by atoms with Crippen molar-refractivity contribution in [2.45, 2.75) is 17.7 Å². The normalized spacial score (nSPS) is 18.4. The summed E-state index contributed by atoms with van der Waals surface area (Å²) >= 11 is 0. The largest absolute Gasteiger partial charge is 0.481 e. The van der Waals surface area contributed by atoms with Crippen molar-refractivity contribution in [2.75, 3.05) is 4.31 Å².